The minimum Gasteiger partial charge on any atom is -0.462 e. The highest BCUT2D eigenvalue weighted by Gasteiger charge is 2.16. The van der Waals surface area contributed by atoms with E-state index in [4.69, 9.17) is 20.7 Å². The third-order valence-corrected chi connectivity index (χ3v) is 2.23. The van der Waals surface area contributed by atoms with Crippen molar-refractivity contribution in [3.8, 4) is 0 Å². The number of rotatable bonds is 6. The van der Waals surface area contributed by atoms with Gasteiger partial charge in [-0.2, -0.15) is 0 Å². The molecule has 94 valence electrons. The summed E-state index contributed by atoms with van der Waals surface area (Å²) in [6, 6.07) is 8.59. The quantitative estimate of drug-likeness (QED) is 0.579. The number of carbonyl (C=O) groups is 1. The van der Waals surface area contributed by atoms with Gasteiger partial charge in [-0.1, -0.05) is 30.3 Å². The van der Waals surface area contributed by atoms with Crippen molar-refractivity contribution in [1.29, 1.82) is 0 Å². The zero-order valence-corrected chi connectivity index (χ0v) is 9.45. The van der Waals surface area contributed by atoms with E-state index in [1.807, 2.05) is 30.3 Å². The zero-order chi connectivity index (χ0) is 12.7. The SMILES string of the molecule is N[C@@H](Cc1ccccc1)C(=O)OCC(O)CO. The van der Waals surface area contributed by atoms with Crippen molar-refractivity contribution in [2.24, 2.45) is 5.73 Å². The number of carbonyl (C=O) groups excluding carboxylic acids is 1. The van der Waals surface area contributed by atoms with Gasteiger partial charge >= 0.3 is 5.97 Å². The van der Waals surface area contributed by atoms with Gasteiger partial charge in [0.1, 0.15) is 18.8 Å². The van der Waals surface area contributed by atoms with Crippen LogP contribution in [0.2, 0.25) is 0 Å². The van der Waals surface area contributed by atoms with E-state index in [0.717, 1.165) is 5.56 Å². The second-order valence-corrected chi connectivity index (χ2v) is 3.76. The summed E-state index contributed by atoms with van der Waals surface area (Å²) in [7, 11) is 0. The number of nitrogens with two attached hydrogens (primary N) is 1. The van der Waals surface area contributed by atoms with Gasteiger partial charge in [-0.15, -0.1) is 0 Å². The predicted molar refractivity (Wildman–Crippen MR) is 62.2 cm³/mol. The molecule has 0 aliphatic carbocycles. The van der Waals surface area contributed by atoms with E-state index in [1.165, 1.54) is 0 Å². The molecule has 0 heterocycles. The Hall–Kier alpha value is -1.43. The van der Waals surface area contributed by atoms with Crippen LogP contribution in [0, 0.1) is 0 Å². The van der Waals surface area contributed by atoms with Crippen molar-refractivity contribution < 1.29 is 19.7 Å². The van der Waals surface area contributed by atoms with Crippen LogP contribution in [0.15, 0.2) is 30.3 Å². The average molecular weight is 239 g/mol. The maximum absolute atomic E-state index is 11.4. The van der Waals surface area contributed by atoms with E-state index < -0.39 is 24.7 Å². The van der Waals surface area contributed by atoms with Crippen LogP contribution in [-0.4, -0.2) is 41.5 Å². The summed E-state index contributed by atoms with van der Waals surface area (Å²) in [4.78, 5) is 11.4. The molecule has 0 saturated carbocycles. The van der Waals surface area contributed by atoms with Gasteiger partial charge in [-0.05, 0) is 12.0 Å². The molecular weight excluding hydrogens is 222 g/mol. The summed E-state index contributed by atoms with van der Waals surface area (Å²) in [5.74, 6) is -0.582. The first-order chi connectivity index (χ1) is 8.13. The van der Waals surface area contributed by atoms with Crippen molar-refractivity contribution in [1.82, 2.24) is 0 Å². The maximum atomic E-state index is 11.4. The smallest absolute Gasteiger partial charge is 0.323 e. The number of ether oxygens (including phenoxy) is 1. The zero-order valence-electron chi connectivity index (χ0n) is 9.45. The second-order valence-electron chi connectivity index (χ2n) is 3.76. The van der Waals surface area contributed by atoms with E-state index in [9.17, 15) is 4.79 Å². The Kier molecular flexibility index (Phi) is 5.62. The van der Waals surface area contributed by atoms with Gasteiger partial charge < -0.3 is 20.7 Å². The first-order valence-electron chi connectivity index (χ1n) is 5.38. The lowest BCUT2D eigenvalue weighted by Gasteiger charge is -2.13. The summed E-state index contributed by atoms with van der Waals surface area (Å²) in [6.07, 6.45) is -0.669. The molecule has 0 fully saturated rings. The van der Waals surface area contributed by atoms with Gasteiger partial charge in [0, 0.05) is 0 Å². The van der Waals surface area contributed by atoms with Gasteiger partial charge in [0.05, 0.1) is 6.61 Å². The van der Waals surface area contributed by atoms with Crippen molar-refractivity contribution in [2.75, 3.05) is 13.2 Å². The van der Waals surface area contributed by atoms with E-state index in [-0.39, 0.29) is 6.61 Å². The van der Waals surface area contributed by atoms with Crippen LogP contribution in [0.1, 0.15) is 5.56 Å². The fraction of sp³-hybridized carbons (Fsp3) is 0.417. The fourth-order valence-corrected chi connectivity index (χ4v) is 1.29. The monoisotopic (exact) mass is 239 g/mol. The standard InChI is InChI=1S/C12H17NO4/c13-11(6-9-4-2-1-3-5-9)12(16)17-8-10(15)7-14/h1-5,10-11,14-15H,6-8,13H2/t10?,11-/m0/s1. The first-order valence-corrected chi connectivity index (χ1v) is 5.38. The highest BCUT2D eigenvalue weighted by atomic mass is 16.5. The minimum absolute atomic E-state index is 0.238. The number of hydrogen-bond donors (Lipinski definition) is 3. The van der Waals surface area contributed by atoms with E-state index >= 15 is 0 Å². The van der Waals surface area contributed by atoms with Gasteiger partial charge in [-0.3, -0.25) is 4.79 Å². The number of hydrogen-bond acceptors (Lipinski definition) is 5. The van der Waals surface area contributed by atoms with E-state index in [1.54, 1.807) is 0 Å². The Morgan fingerprint density at radius 1 is 1.35 bits per heavy atom. The summed E-state index contributed by atoms with van der Waals surface area (Å²) >= 11 is 0. The van der Waals surface area contributed by atoms with Gasteiger partial charge in [0.25, 0.3) is 0 Å². The molecule has 0 spiro atoms. The molecule has 2 atom stereocenters. The number of aliphatic hydroxyl groups is 2. The van der Waals surface area contributed by atoms with Gasteiger partial charge in [-0.25, -0.2) is 0 Å². The topological polar surface area (TPSA) is 92.8 Å². The minimum atomic E-state index is -1.05. The van der Waals surface area contributed by atoms with E-state index in [2.05, 4.69) is 0 Å². The molecule has 0 radical (unpaired) electrons. The molecule has 1 unspecified atom stereocenters. The third kappa shape index (κ3) is 4.95. The molecule has 0 saturated heterocycles. The lowest BCUT2D eigenvalue weighted by atomic mass is 10.1. The number of benzene rings is 1. The molecule has 0 amide bonds. The van der Waals surface area contributed by atoms with Crippen molar-refractivity contribution in [2.45, 2.75) is 18.6 Å². The highest BCUT2D eigenvalue weighted by Crippen LogP contribution is 2.03. The van der Waals surface area contributed by atoms with Crippen molar-refractivity contribution in [3.05, 3.63) is 35.9 Å². The van der Waals surface area contributed by atoms with Crippen LogP contribution in [0.4, 0.5) is 0 Å². The Bertz CT molecular complexity index is 342. The lowest BCUT2D eigenvalue weighted by molar-refractivity contribution is -0.148. The lowest BCUT2D eigenvalue weighted by Crippen LogP contribution is -2.36. The second kappa shape index (κ2) is 7.01. The van der Waals surface area contributed by atoms with Crippen LogP contribution < -0.4 is 5.73 Å². The molecule has 5 heteroatoms. The molecule has 5 nitrogen and oxygen atoms in total. The Morgan fingerprint density at radius 2 is 2.00 bits per heavy atom. The third-order valence-electron chi connectivity index (χ3n) is 2.23. The molecule has 1 rings (SSSR count). The molecule has 0 aromatic heterocycles. The van der Waals surface area contributed by atoms with Crippen LogP contribution in [0.5, 0.6) is 0 Å². The highest BCUT2D eigenvalue weighted by molar-refractivity contribution is 5.75. The molecule has 1 aromatic carbocycles. The average Bonchev–Trinajstić information content (AvgIpc) is 2.36. The molecule has 1 aromatic rings. The van der Waals surface area contributed by atoms with Crippen molar-refractivity contribution >= 4 is 5.97 Å². The number of aliphatic hydroxyl groups excluding tert-OH is 2. The van der Waals surface area contributed by atoms with Crippen LogP contribution >= 0.6 is 0 Å². The van der Waals surface area contributed by atoms with Crippen LogP contribution in [0.25, 0.3) is 0 Å². The molecule has 0 bridgehead atoms. The van der Waals surface area contributed by atoms with Crippen molar-refractivity contribution in [3.63, 3.8) is 0 Å². The molecule has 0 aliphatic heterocycles. The Morgan fingerprint density at radius 3 is 2.59 bits per heavy atom. The summed E-state index contributed by atoms with van der Waals surface area (Å²) < 4.78 is 4.75. The summed E-state index contributed by atoms with van der Waals surface area (Å²) in [6.45, 7) is -0.682. The summed E-state index contributed by atoms with van der Waals surface area (Å²) in [5.41, 5.74) is 6.60. The predicted octanol–water partition coefficient (Wildman–Crippen LogP) is -0.547. The summed E-state index contributed by atoms with van der Waals surface area (Å²) in [5, 5.41) is 17.6. The largest absolute Gasteiger partial charge is 0.462 e. The molecule has 17 heavy (non-hydrogen) atoms. The maximum Gasteiger partial charge on any atom is 0.323 e. The van der Waals surface area contributed by atoms with Crippen LogP contribution in [0.3, 0.4) is 0 Å². The Balaban J connectivity index is 2.37. The molecular formula is C12H17NO4. The van der Waals surface area contributed by atoms with E-state index in [0.29, 0.717) is 6.42 Å². The first kappa shape index (κ1) is 13.6. The van der Waals surface area contributed by atoms with Crippen LogP contribution in [-0.2, 0) is 16.0 Å². The Labute approximate surface area is 99.8 Å². The normalized spacial score (nSPS) is 14.1. The van der Waals surface area contributed by atoms with Gasteiger partial charge in [0.15, 0.2) is 0 Å². The molecule has 0 aliphatic rings. The number of esters is 1. The fourth-order valence-electron chi connectivity index (χ4n) is 1.29. The molecule has 4 N–H and O–H groups in total. The van der Waals surface area contributed by atoms with Gasteiger partial charge in [0.2, 0.25) is 0 Å².